The first-order valence-corrected chi connectivity index (χ1v) is 7.74. The Hall–Kier alpha value is -0.960. The zero-order valence-electron chi connectivity index (χ0n) is 12.7. The molecule has 1 aliphatic carbocycles. The molecule has 1 fully saturated rings. The molecule has 2 rings (SSSR count). The molecule has 0 aliphatic heterocycles. The van der Waals surface area contributed by atoms with Crippen LogP contribution in [-0.4, -0.2) is 6.54 Å². The normalized spacial score (nSPS) is 24.1. The van der Waals surface area contributed by atoms with Gasteiger partial charge in [-0.2, -0.15) is 0 Å². The highest BCUT2D eigenvalue weighted by molar-refractivity contribution is 5.30. The van der Waals surface area contributed by atoms with Gasteiger partial charge in [0.25, 0.3) is 0 Å². The highest BCUT2D eigenvalue weighted by Crippen LogP contribution is 2.41. The van der Waals surface area contributed by atoms with E-state index in [-0.39, 0.29) is 17.4 Å². The summed E-state index contributed by atoms with van der Waals surface area (Å²) in [7, 11) is 0. The average molecular weight is 281 g/mol. The predicted octanol–water partition coefficient (Wildman–Crippen LogP) is 4.75. The summed E-state index contributed by atoms with van der Waals surface area (Å²) < 4.78 is 28.6. The summed E-state index contributed by atoms with van der Waals surface area (Å²) in [6.07, 6.45) is 4.33. The van der Waals surface area contributed by atoms with E-state index in [4.69, 9.17) is 0 Å². The van der Waals surface area contributed by atoms with Gasteiger partial charge in [-0.15, -0.1) is 0 Å². The molecule has 1 saturated carbocycles. The lowest BCUT2D eigenvalue weighted by Gasteiger charge is -2.29. The summed E-state index contributed by atoms with van der Waals surface area (Å²) in [5.41, 5.74) is 0.771. The van der Waals surface area contributed by atoms with Crippen LogP contribution in [0.15, 0.2) is 12.1 Å². The molecular weight excluding hydrogens is 256 g/mol. The van der Waals surface area contributed by atoms with Gasteiger partial charge in [0.15, 0.2) is 0 Å². The fourth-order valence-corrected chi connectivity index (χ4v) is 3.40. The van der Waals surface area contributed by atoms with E-state index in [1.54, 1.807) is 6.92 Å². The minimum Gasteiger partial charge on any atom is -0.310 e. The topological polar surface area (TPSA) is 12.0 Å². The van der Waals surface area contributed by atoms with Crippen molar-refractivity contribution in [3.8, 4) is 0 Å². The van der Waals surface area contributed by atoms with Gasteiger partial charge in [-0.25, -0.2) is 8.78 Å². The van der Waals surface area contributed by atoms with Crippen molar-refractivity contribution in [3.63, 3.8) is 0 Å². The zero-order chi connectivity index (χ0) is 14.7. The summed E-state index contributed by atoms with van der Waals surface area (Å²) in [5.74, 6) is 0.0505. The van der Waals surface area contributed by atoms with Crippen molar-refractivity contribution in [2.24, 2.45) is 11.8 Å². The molecule has 0 amide bonds. The second kappa shape index (κ2) is 6.66. The highest BCUT2D eigenvalue weighted by Gasteiger charge is 2.34. The van der Waals surface area contributed by atoms with E-state index >= 15 is 0 Å². The van der Waals surface area contributed by atoms with Crippen LogP contribution >= 0.6 is 0 Å². The number of hydrogen-bond acceptors (Lipinski definition) is 1. The molecule has 1 N–H and O–H groups in total. The summed E-state index contributed by atoms with van der Waals surface area (Å²) in [5, 5.41) is 3.39. The first kappa shape index (κ1) is 15.4. The average Bonchev–Trinajstić information content (AvgIpc) is 2.84. The van der Waals surface area contributed by atoms with Gasteiger partial charge in [-0.05, 0) is 49.8 Å². The van der Waals surface area contributed by atoms with Crippen LogP contribution in [0.25, 0.3) is 0 Å². The van der Waals surface area contributed by atoms with E-state index in [2.05, 4.69) is 19.2 Å². The third kappa shape index (κ3) is 3.03. The van der Waals surface area contributed by atoms with Gasteiger partial charge in [0.2, 0.25) is 0 Å². The lowest BCUT2D eigenvalue weighted by atomic mass is 9.84. The maximum Gasteiger partial charge on any atom is 0.133 e. The fourth-order valence-electron chi connectivity index (χ4n) is 3.40. The Kier molecular flexibility index (Phi) is 5.14. The molecule has 1 aliphatic rings. The molecule has 20 heavy (non-hydrogen) atoms. The Balaban J connectivity index is 2.38. The Morgan fingerprint density at radius 2 is 2.05 bits per heavy atom. The van der Waals surface area contributed by atoms with Crippen LogP contribution in [0.2, 0.25) is 0 Å². The van der Waals surface area contributed by atoms with Crippen molar-refractivity contribution >= 4 is 0 Å². The minimum atomic E-state index is -0.416. The zero-order valence-corrected chi connectivity index (χ0v) is 12.7. The van der Waals surface area contributed by atoms with Crippen molar-refractivity contribution in [2.75, 3.05) is 6.54 Å². The van der Waals surface area contributed by atoms with E-state index in [9.17, 15) is 8.78 Å². The third-order valence-corrected chi connectivity index (χ3v) is 4.60. The van der Waals surface area contributed by atoms with Crippen LogP contribution in [0, 0.1) is 30.4 Å². The Morgan fingerprint density at radius 1 is 1.30 bits per heavy atom. The van der Waals surface area contributed by atoms with Gasteiger partial charge >= 0.3 is 0 Å². The highest BCUT2D eigenvalue weighted by atomic mass is 19.1. The van der Waals surface area contributed by atoms with Crippen LogP contribution in [-0.2, 0) is 0 Å². The van der Waals surface area contributed by atoms with Crippen LogP contribution < -0.4 is 5.32 Å². The van der Waals surface area contributed by atoms with Crippen molar-refractivity contribution in [1.29, 1.82) is 0 Å². The Morgan fingerprint density at radius 3 is 2.65 bits per heavy atom. The van der Waals surface area contributed by atoms with Gasteiger partial charge in [0, 0.05) is 11.6 Å². The summed E-state index contributed by atoms with van der Waals surface area (Å²) in [6.45, 7) is 6.77. The summed E-state index contributed by atoms with van der Waals surface area (Å²) in [6, 6.07) is 2.71. The smallest absolute Gasteiger partial charge is 0.133 e. The molecule has 3 heteroatoms. The maximum atomic E-state index is 14.4. The molecule has 1 nitrogen and oxygen atoms in total. The third-order valence-electron chi connectivity index (χ3n) is 4.60. The summed E-state index contributed by atoms with van der Waals surface area (Å²) >= 11 is 0. The van der Waals surface area contributed by atoms with Crippen molar-refractivity contribution in [2.45, 2.75) is 52.5 Å². The van der Waals surface area contributed by atoms with Crippen LogP contribution in [0.4, 0.5) is 8.78 Å². The fraction of sp³-hybridized carbons (Fsp3) is 0.647. The first-order chi connectivity index (χ1) is 9.56. The van der Waals surface area contributed by atoms with Crippen LogP contribution in [0.5, 0.6) is 0 Å². The van der Waals surface area contributed by atoms with Crippen LogP contribution in [0.1, 0.15) is 56.7 Å². The molecule has 3 unspecified atom stereocenters. The number of hydrogen-bond donors (Lipinski definition) is 1. The molecule has 1 aromatic rings. The van der Waals surface area contributed by atoms with Crippen molar-refractivity contribution < 1.29 is 8.78 Å². The molecule has 3 atom stereocenters. The predicted molar refractivity (Wildman–Crippen MR) is 78.6 cm³/mol. The minimum absolute atomic E-state index is 0.202. The van der Waals surface area contributed by atoms with Crippen LogP contribution in [0.3, 0.4) is 0 Å². The molecule has 0 heterocycles. The van der Waals surface area contributed by atoms with E-state index in [0.29, 0.717) is 17.4 Å². The number of aryl methyl sites for hydroxylation is 1. The second-order valence-electron chi connectivity index (χ2n) is 6.10. The lowest BCUT2D eigenvalue weighted by molar-refractivity contribution is 0.288. The number of benzene rings is 1. The molecule has 112 valence electrons. The number of nitrogens with one attached hydrogen (secondary N) is 1. The lowest BCUT2D eigenvalue weighted by Crippen LogP contribution is -2.32. The van der Waals surface area contributed by atoms with Gasteiger partial charge in [-0.1, -0.05) is 32.8 Å². The number of halogens is 2. The molecule has 0 spiro atoms. The van der Waals surface area contributed by atoms with E-state index in [0.717, 1.165) is 32.2 Å². The van der Waals surface area contributed by atoms with Crippen molar-refractivity contribution in [3.05, 3.63) is 34.9 Å². The Labute approximate surface area is 120 Å². The molecule has 0 saturated heterocycles. The molecule has 1 aromatic carbocycles. The SMILES string of the molecule is CCCNC(c1c(F)ccc(C)c1F)C1CCCC1C. The molecular formula is C17H25F2N. The molecule has 0 radical (unpaired) electrons. The summed E-state index contributed by atoms with van der Waals surface area (Å²) in [4.78, 5) is 0. The Bertz CT molecular complexity index is 459. The van der Waals surface area contributed by atoms with Gasteiger partial charge in [0.05, 0.1) is 0 Å². The van der Waals surface area contributed by atoms with Gasteiger partial charge in [0.1, 0.15) is 11.6 Å². The monoisotopic (exact) mass is 281 g/mol. The first-order valence-electron chi connectivity index (χ1n) is 7.74. The van der Waals surface area contributed by atoms with Gasteiger partial charge < -0.3 is 5.32 Å². The maximum absolute atomic E-state index is 14.4. The standard InChI is InChI=1S/C17H25F2N/c1-4-10-20-17(13-7-5-6-11(13)2)15-14(18)9-8-12(3)16(15)19/h8-9,11,13,17,20H,4-7,10H2,1-3H3. The van der Waals surface area contributed by atoms with E-state index in [1.807, 2.05) is 0 Å². The largest absolute Gasteiger partial charge is 0.310 e. The van der Waals surface area contributed by atoms with E-state index in [1.165, 1.54) is 12.1 Å². The van der Waals surface area contributed by atoms with Crippen molar-refractivity contribution in [1.82, 2.24) is 5.32 Å². The quantitative estimate of drug-likeness (QED) is 0.821. The van der Waals surface area contributed by atoms with E-state index < -0.39 is 5.82 Å². The second-order valence-corrected chi connectivity index (χ2v) is 6.10. The van der Waals surface area contributed by atoms with Gasteiger partial charge in [-0.3, -0.25) is 0 Å². The molecule has 0 bridgehead atoms. The molecule has 0 aromatic heterocycles. The number of rotatable bonds is 5.